The highest BCUT2D eigenvalue weighted by Gasteiger charge is 2.16. The first-order valence-electron chi connectivity index (χ1n) is 9.30. The summed E-state index contributed by atoms with van der Waals surface area (Å²) in [5.41, 5.74) is 2.00. The molecule has 2 rings (SSSR count). The number of hydrogen-bond donors (Lipinski definition) is 0. The lowest BCUT2D eigenvalue weighted by Gasteiger charge is -2.20. The van der Waals surface area contributed by atoms with Crippen LogP contribution in [0.15, 0.2) is 48.5 Å². The average Bonchev–Trinajstić information content (AvgIpc) is 2.66. The van der Waals surface area contributed by atoms with Crippen molar-refractivity contribution in [1.29, 1.82) is 0 Å². The summed E-state index contributed by atoms with van der Waals surface area (Å²) in [6.45, 7) is 7.71. The Bertz CT molecular complexity index is 683. The van der Waals surface area contributed by atoms with Crippen LogP contribution in [0.4, 0.5) is 5.69 Å². The molecule has 0 bridgehead atoms. The molecule has 0 spiro atoms. The number of nitro benzene ring substituents is 1. The first-order valence-corrected chi connectivity index (χ1v) is 9.30. The third kappa shape index (κ3) is 6.15. The monoisotopic (exact) mass is 356 g/mol. The van der Waals surface area contributed by atoms with E-state index in [0.717, 1.165) is 50.0 Å². The van der Waals surface area contributed by atoms with E-state index in [2.05, 4.69) is 18.7 Å². The van der Waals surface area contributed by atoms with Gasteiger partial charge in [-0.3, -0.25) is 10.1 Å². The molecule has 0 atom stereocenters. The lowest BCUT2D eigenvalue weighted by atomic mass is 10.1. The Morgan fingerprint density at radius 3 is 2.27 bits per heavy atom. The Labute approximate surface area is 155 Å². The van der Waals surface area contributed by atoms with E-state index in [-0.39, 0.29) is 10.6 Å². The minimum absolute atomic E-state index is 0.0379. The van der Waals surface area contributed by atoms with E-state index < -0.39 is 0 Å². The van der Waals surface area contributed by atoms with Crippen molar-refractivity contribution in [2.24, 2.45) is 0 Å². The van der Waals surface area contributed by atoms with Gasteiger partial charge in [0.05, 0.1) is 4.92 Å². The summed E-state index contributed by atoms with van der Waals surface area (Å²) < 4.78 is 5.69. The number of ether oxygens (including phenoxy) is 1. The molecule has 2 aromatic carbocycles. The quantitative estimate of drug-likeness (QED) is 0.427. The molecular formula is C21H28N2O3. The molecule has 0 N–H and O–H groups in total. The fourth-order valence-corrected chi connectivity index (χ4v) is 2.97. The van der Waals surface area contributed by atoms with Gasteiger partial charge < -0.3 is 9.64 Å². The maximum absolute atomic E-state index is 11.4. The van der Waals surface area contributed by atoms with Crippen molar-refractivity contribution in [3.63, 3.8) is 0 Å². The Kier molecular flexibility index (Phi) is 8.09. The van der Waals surface area contributed by atoms with Gasteiger partial charge in [0.2, 0.25) is 0 Å². The zero-order valence-electron chi connectivity index (χ0n) is 15.7. The van der Waals surface area contributed by atoms with Gasteiger partial charge in [0.25, 0.3) is 0 Å². The fourth-order valence-electron chi connectivity index (χ4n) is 2.97. The largest absolute Gasteiger partial charge is 0.482 e. The van der Waals surface area contributed by atoms with Crippen LogP contribution in [0.3, 0.4) is 0 Å². The van der Waals surface area contributed by atoms with Gasteiger partial charge in [-0.05, 0) is 49.5 Å². The molecule has 0 aliphatic rings. The summed E-state index contributed by atoms with van der Waals surface area (Å²) in [6.07, 6.45) is 3.04. The van der Waals surface area contributed by atoms with E-state index in [1.165, 1.54) is 0 Å². The molecule has 0 radical (unpaired) electrons. The summed E-state index contributed by atoms with van der Waals surface area (Å²) in [5.74, 6) is 0.321. The molecule has 0 fully saturated rings. The molecule has 5 heteroatoms. The molecular weight excluding hydrogens is 328 g/mol. The van der Waals surface area contributed by atoms with Crippen LogP contribution < -0.4 is 4.74 Å². The summed E-state index contributed by atoms with van der Waals surface area (Å²) in [5, 5.41) is 11.4. The van der Waals surface area contributed by atoms with Crippen molar-refractivity contribution in [3.05, 3.63) is 69.8 Å². The zero-order valence-corrected chi connectivity index (χ0v) is 15.7. The molecule has 0 saturated carbocycles. The third-order valence-corrected chi connectivity index (χ3v) is 4.25. The van der Waals surface area contributed by atoms with Crippen LogP contribution in [0.5, 0.6) is 5.75 Å². The van der Waals surface area contributed by atoms with Gasteiger partial charge in [-0.25, -0.2) is 0 Å². The van der Waals surface area contributed by atoms with Crippen molar-refractivity contribution in [3.8, 4) is 5.75 Å². The number of hydrogen-bond acceptors (Lipinski definition) is 4. The minimum Gasteiger partial charge on any atom is -0.482 e. The Hall–Kier alpha value is -2.40. The third-order valence-electron chi connectivity index (χ3n) is 4.25. The van der Waals surface area contributed by atoms with Crippen LogP contribution in [0, 0.1) is 10.1 Å². The number of benzene rings is 2. The van der Waals surface area contributed by atoms with E-state index >= 15 is 0 Å². The molecule has 0 aliphatic carbocycles. The van der Waals surface area contributed by atoms with Crippen molar-refractivity contribution < 1.29 is 9.66 Å². The molecule has 0 saturated heterocycles. The second-order valence-corrected chi connectivity index (χ2v) is 6.43. The first kappa shape index (κ1) is 19.9. The number of nitro groups is 1. The van der Waals surface area contributed by atoms with Crippen molar-refractivity contribution in [2.45, 2.75) is 39.7 Å². The normalized spacial score (nSPS) is 10.9. The van der Waals surface area contributed by atoms with Crippen molar-refractivity contribution >= 4 is 5.69 Å². The number of nitrogens with zero attached hydrogens (tertiary/aromatic N) is 2. The van der Waals surface area contributed by atoms with Gasteiger partial charge in [-0.15, -0.1) is 0 Å². The van der Waals surface area contributed by atoms with Crippen LogP contribution >= 0.6 is 0 Å². The first-order chi connectivity index (χ1) is 12.6. The molecule has 0 amide bonds. The van der Waals surface area contributed by atoms with Crippen LogP contribution in [0.1, 0.15) is 37.8 Å². The van der Waals surface area contributed by atoms with E-state index in [1.807, 2.05) is 36.4 Å². The maximum atomic E-state index is 11.4. The molecule has 0 aromatic heterocycles. The highest BCUT2D eigenvalue weighted by atomic mass is 16.6. The summed E-state index contributed by atoms with van der Waals surface area (Å²) in [7, 11) is 0. The Morgan fingerprint density at radius 2 is 1.65 bits per heavy atom. The molecule has 5 nitrogen and oxygen atoms in total. The molecule has 26 heavy (non-hydrogen) atoms. The van der Waals surface area contributed by atoms with E-state index in [9.17, 15) is 10.1 Å². The van der Waals surface area contributed by atoms with Gasteiger partial charge in [-0.1, -0.05) is 50.2 Å². The Morgan fingerprint density at radius 1 is 0.962 bits per heavy atom. The highest BCUT2D eigenvalue weighted by Crippen LogP contribution is 2.29. The second-order valence-electron chi connectivity index (χ2n) is 6.43. The standard InChI is InChI=1S/C21H28N2O3/c1-3-13-22(14-4-2)15-12-18-10-11-21(20(16-18)23(24)25)26-17-19-8-6-5-7-9-19/h5-11,16H,3-4,12-15,17H2,1-2H3. The van der Waals surface area contributed by atoms with Gasteiger partial charge >= 0.3 is 5.69 Å². The molecule has 0 aliphatic heterocycles. The summed E-state index contributed by atoms with van der Waals surface area (Å²) >= 11 is 0. The number of rotatable bonds is 11. The van der Waals surface area contributed by atoms with Crippen LogP contribution in [0.2, 0.25) is 0 Å². The predicted octanol–water partition coefficient (Wildman–Crippen LogP) is 4.84. The van der Waals surface area contributed by atoms with Crippen LogP contribution in [0.25, 0.3) is 0 Å². The second kappa shape index (κ2) is 10.6. The van der Waals surface area contributed by atoms with Gasteiger partial charge in [0, 0.05) is 12.6 Å². The topological polar surface area (TPSA) is 55.6 Å². The zero-order chi connectivity index (χ0) is 18.8. The van der Waals surface area contributed by atoms with Gasteiger partial charge in [0.1, 0.15) is 6.61 Å². The SMILES string of the molecule is CCCN(CCC)CCc1ccc(OCc2ccccc2)c([N+](=O)[O-])c1. The van der Waals surface area contributed by atoms with Crippen molar-refractivity contribution in [2.75, 3.05) is 19.6 Å². The Balaban J connectivity index is 2.04. The van der Waals surface area contributed by atoms with E-state index in [4.69, 9.17) is 4.74 Å². The fraction of sp³-hybridized carbons (Fsp3) is 0.429. The predicted molar refractivity (Wildman–Crippen MR) is 105 cm³/mol. The van der Waals surface area contributed by atoms with Crippen LogP contribution in [-0.2, 0) is 13.0 Å². The molecule has 0 unspecified atom stereocenters. The molecule has 140 valence electrons. The summed E-state index contributed by atoms with van der Waals surface area (Å²) in [6, 6.07) is 15.0. The smallest absolute Gasteiger partial charge is 0.311 e. The lowest BCUT2D eigenvalue weighted by Crippen LogP contribution is -2.27. The lowest BCUT2D eigenvalue weighted by molar-refractivity contribution is -0.386. The molecule has 2 aromatic rings. The van der Waals surface area contributed by atoms with Gasteiger partial charge in [-0.2, -0.15) is 0 Å². The van der Waals surface area contributed by atoms with Crippen molar-refractivity contribution in [1.82, 2.24) is 4.90 Å². The van der Waals surface area contributed by atoms with E-state index in [0.29, 0.717) is 12.4 Å². The maximum Gasteiger partial charge on any atom is 0.311 e. The van der Waals surface area contributed by atoms with E-state index in [1.54, 1.807) is 12.1 Å². The summed E-state index contributed by atoms with van der Waals surface area (Å²) in [4.78, 5) is 13.5. The minimum atomic E-state index is -0.361. The molecule has 0 heterocycles. The highest BCUT2D eigenvalue weighted by molar-refractivity contribution is 5.48. The van der Waals surface area contributed by atoms with Gasteiger partial charge in [0.15, 0.2) is 5.75 Å². The average molecular weight is 356 g/mol. The van der Waals surface area contributed by atoms with Crippen LogP contribution in [-0.4, -0.2) is 29.5 Å².